The molecule has 11 heteroatoms. The Morgan fingerprint density at radius 2 is 1.50 bits per heavy atom. The number of nitrogens with one attached hydrogen (secondary N) is 1. The second-order valence-corrected chi connectivity index (χ2v) is 12.7. The summed E-state index contributed by atoms with van der Waals surface area (Å²) in [7, 11) is -4.17. The van der Waals surface area contributed by atoms with Crippen LogP contribution in [0.2, 0.25) is 15.1 Å². The average Bonchev–Trinajstić information content (AvgIpc) is 2.91. The summed E-state index contributed by atoms with van der Waals surface area (Å²) in [5.41, 5.74) is 1.70. The maximum absolute atomic E-state index is 14.0. The standard InChI is InChI=1S/C29H32Cl3N3O4S/c1-5-20(3)33-29(37)21(4)34(17-22-8-9-24(31)16-27(22)32)28(36)18-35(25-12-10-23(30)11-13-25)40(38,39)26-14-6-19(2)7-15-26/h6-16,20-21H,5,17-18H2,1-4H3,(H,33,37)/t20-,21+/m1/s1. The molecule has 0 heterocycles. The van der Waals surface area contributed by atoms with E-state index in [0.717, 1.165) is 9.87 Å². The summed E-state index contributed by atoms with van der Waals surface area (Å²) in [6, 6.07) is 16.3. The summed E-state index contributed by atoms with van der Waals surface area (Å²) in [5.74, 6) is -0.962. The minimum Gasteiger partial charge on any atom is -0.352 e. The second-order valence-electron chi connectivity index (χ2n) is 9.55. The number of hydrogen-bond acceptors (Lipinski definition) is 4. The van der Waals surface area contributed by atoms with Crippen molar-refractivity contribution >= 4 is 62.3 Å². The van der Waals surface area contributed by atoms with Crippen LogP contribution in [-0.4, -0.2) is 43.8 Å². The van der Waals surface area contributed by atoms with Crippen LogP contribution in [0.1, 0.15) is 38.3 Å². The fraction of sp³-hybridized carbons (Fsp3) is 0.310. The van der Waals surface area contributed by atoms with Crippen LogP contribution in [0.3, 0.4) is 0 Å². The van der Waals surface area contributed by atoms with Crippen LogP contribution in [-0.2, 0) is 26.2 Å². The Hall–Kier alpha value is -2.78. The van der Waals surface area contributed by atoms with Crippen molar-refractivity contribution in [2.75, 3.05) is 10.8 Å². The summed E-state index contributed by atoms with van der Waals surface area (Å²) in [6.45, 7) is 6.64. The molecule has 0 aromatic heterocycles. The molecule has 3 aromatic carbocycles. The molecule has 0 saturated carbocycles. The zero-order valence-electron chi connectivity index (χ0n) is 22.7. The van der Waals surface area contributed by atoms with E-state index in [9.17, 15) is 18.0 Å². The summed E-state index contributed by atoms with van der Waals surface area (Å²) in [6.07, 6.45) is 0.703. The van der Waals surface area contributed by atoms with Crippen molar-refractivity contribution in [2.45, 2.75) is 57.6 Å². The van der Waals surface area contributed by atoms with Gasteiger partial charge in [0.25, 0.3) is 10.0 Å². The van der Waals surface area contributed by atoms with Gasteiger partial charge in [0.1, 0.15) is 12.6 Å². The molecule has 7 nitrogen and oxygen atoms in total. The summed E-state index contributed by atoms with van der Waals surface area (Å²) < 4.78 is 28.7. The molecule has 0 aliphatic heterocycles. The molecule has 0 aliphatic carbocycles. The van der Waals surface area contributed by atoms with Gasteiger partial charge in [-0.1, -0.05) is 65.5 Å². The molecule has 1 N–H and O–H groups in total. The van der Waals surface area contributed by atoms with E-state index in [0.29, 0.717) is 27.1 Å². The van der Waals surface area contributed by atoms with Gasteiger partial charge in [0, 0.05) is 27.7 Å². The molecule has 0 unspecified atom stereocenters. The van der Waals surface area contributed by atoms with Gasteiger partial charge in [-0.15, -0.1) is 0 Å². The SMILES string of the molecule is CC[C@@H](C)NC(=O)[C@H](C)N(Cc1ccc(Cl)cc1Cl)C(=O)CN(c1ccc(Cl)cc1)S(=O)(=O)c1ccc(C)cc1. The van der Waals surface area contributed by atoms with Crippen molar-refractivity contribution in [1.29, 1.82) is 0 Å². The highest BCUT2D eigenvalue weighted by molar-refractivity contribution is 7.92. The molecular formula is C29H32Cl3N3O4S. The van der Waals surface area contributed by atoms with Crippen molar-refractivity contribution in [1.82, 2.24) is 10.2 Å². The molecular weight excluding hydrogens is 593 g/mol. The zero-order valence-corrected chi connectivity index (χ0v) is 25.8. The van der Waals surface area contributed by atoms with Gasteiger partial charge >= 0.3 is 0 Å². The fourth-order valence-electron chi connectivity index (χ4n) is 3.86. The number of nitrogens with zero attached hydrogens (tertiary/aromatic N) is 2. The molecule has 0 radical (unpaired) electrons. The number of hydrogen-bond donors (Lipinski definition) is 1. The predicted octanol–water partition coefficient (Wildman–Crippen LogP) is 6.48. The first kappa shape index (κ1) is 31.7. The van der Waals surface area contributed by atoms with E-state index in [1.807, 2.05) is 20.8 Å². The third kappa shape index (κ3) is 7.91. The molecule has 0 bridgehead atoms. The number of benzene rings is 3. The number of aryl methyl sites for hydroxylation is 1. The molecule has 0 saturated heterocycles. The van der Waals surface area contributed by atoms with Crippen molar-refractivity contribution in [3.05, 3.63) is 92.9 Å². The van der Waals surface area contributed by atoms with Gasteiger partial charge in [0.2, 0.25) is 11.8 Å². The lowest BCUT2D eigenvalue weighted by molar-refractivity contribution is -0.139. The van der Waals surface area contributed by atoms with E-state index in [2.05, 4.69) is 5.32 Å². The lowest BCUT2D eigenvalue weighted by atomic mass is 10.1. The van der Waals surface area contributed by atoms with Crippen LogP contribution in [0, 0.1) is 6.92 Å². The molecule has 214 valence electrons. The predicted molar refractivity (Wildman–Crippen MR) is 162 cm³/mol. The first-order valence-corrected chi connectivity index (χ1v) is 15.3. The van der Waals surface area contributed by atoms with Gasteiger partial charge in [0.05, 0.1) is 10.6 Å². The van der Waals surface area contributed by atoms with Gasteiger partial charge < -0.3 is 10.2 Å². The topological polar surface area (TPSA) is 86.8 Å². The smallest absolute Gasteiger partial charge is 0.264 e. The Balaban J connectivity index is 2.04. The summed E-state index contributed by atoms with van der Waals surface area (Å²) >= 11 is 18.5. The van der Waals surface area contributed by atoms with E-state index in [1.54, 1.807) is 49.4 Å². The first-order chi connectivity index (χ1) is 18.8. The van der Waals surface area contributed by atoms with E-state index >= 15 is 0 Å². The van der Waals surface area contributed by atoms with Crippen LogP contribution in [0.4, 0.5) is 5.69 Å². The average molecular weight is 625 g/mol. The fourth-order valence-corrected chi connectivity index (χ4v) is 5.86. The van der Waals surface area contributed by atoms with Gasteiger partial charge in [-0.25, -0.2) is 8.42 Å². The zero-order chi connectivity index (χ0) is 29.6. The first-order valence-electron chi connectivity index (χ1n) is 12.7. The second kappa shape index (κ2) is 13.7. The molecule has 0 spiro atoms. The van der Waals surface area contributed by atoms with Crippen LogP contribution in [0.25, 0.3) is 0 Å². The van der Waals surface area contributed by atoms with Crippen molar-refractivity contribution in [3.8, 4) is 0 Å². The van der Waals surface area contributed by atoms with E-state index < -0.39 is 28.5 Å². The monoisotopic (exact) mass is 623 g/mol. The largest absolute Gasteiger partial charge is 0.352 e. The number of carbonyl (C=O) groups excluding carboxylic acids is 2. The maximum Gasteiger partial charge on any atom is 0.264 e. The van der Waals surface area contributed by atoms with E-state index in [4.69, 9.17) is 34.8 Å². The van der Waals surface area contributed by atoms with Gasteiger partial charge in [-0.2, -0.15) is 0 Å². The van der Waals surface area contributed by atoms with Crippen molar-refractivity contribution in [3.63, 3.8) is 0 Å². The maximum atomic E-state index is 14.0. The lowest BCUT2D eigenvalue weighted by Crippen LogP contribution is -2.52. The third-order valence-electron chi connectivity index (χ3n) is 6.53. The lowest BCUT2D eigenvalue weighted by Gasteiger charge is -2.32. The summed E-state index contributed by atoms with van der Waals surface area (Å²) in [4.78, 5) is 28.4. The molecule has 2 atom stereocenters. The Bertz CT molecular complexity index is 1450. The number of anilines is 1. The molecule has 0 fully saturated rings. The Morgan fingerprint density at radius 1 is 0.900 bits per heavy atom. The van der Waals surface area contributed by atoms with Gasteiger partial charge in [-0.3, -0.25) is 13.9 Å². The minimum atomic E-state index is -4.17. The van der Waals surface area contributed by atoms with Crippen LogP contribution >= 0.6 is 34.8 Å². The number of halogens is 3. The minimum absolute atomic E-state index is 0.0238. The molecule has 3 rings (SSSR count). The van der Waals surface area contributed by atoms with Crippen LogP contribution < -0.4 is 9.62 Å². The molecule has 40 heavy (non-hydrogen) atoms. The normalized spacial score (nSPS) is 12.9. The highest BCUT2D eigenvalue weighted by atomic mass is 35.5. The third-order valence-corrected chi connectivity index (χ3v) is 9.15. The van der Waals surface area contributed by atoms with Crippen molar-refractivity contribution in [2.24, 2.45) is 0 Å². The molecule has 3 aromatic rings. The number of sulfonamides is 1. The highest BCUT2D eigenvalue weighted by Crippen LogP contribution is 2.27. The Kier molecular flexibility index (Phi) is 10.9. The van der Waals surface area contributed by atoms with Gasteiger partial charge in [0.15, 0.2) is 0 Å². The Morgan fingerprint density at radius 3 is 2.08 bits per heavy atom. The number of rotatable bonds is 11. The van der Waals surface area contributed by atoms with Crippen molar-refractivity contribution < 1.29 is 18.0 Å². The van der Waals surface area contributed by atoms with Gasteiger partial charge in [-0.05, 0) is 81.3 Å². The van der Waals surface area contributed by atoms with Crippen LogP contribution in [0.5, 0.6) is 0 Å². The van der Waals surface area contributed by atoms with Crippen LogP contribution in [0.15, 0.2) is 71.6 Å². The van der Waals surface area contributed by atoms with E-state index in [-0.39, 0.29) is 29.1 Å². The molecule has 0 aliphatic rings. The highest BCUT2D eigenvalue weighted by Gasteiger charge is 2.33. The molecule has 2 amide bonds. The van der Waals surface area contributed by atoms with E-state index in [1.165, 1.54) is 29.2 Å². The quantitative estimate of drug-likeness (QED) is 0.265. The number of carbonyl (C=O) groups is 2. The Labute approximate surface area is 251 Å². The number of amides is 2. The summed E-state index contributed by atoms with van der Waals surface area (Å²) in [5, 5.41) is 4.05.